The van der Waals surface area contributed by atoms with Crippen molar-refractivity contribution < 1.29 is 9.32 Å². The minimum atomic E-state index is -0.541. The number of carbonyl (C=O) groups is 1. The number of anilines is 2. The summed E-state index contributed by atoms with van der Waals surface area (Å²) >= 11 is 0. The molecule has 0 N–H and O–H groups in total. The van der Waals surface area contributed by atoms with Gasteiger partial charge in [-0.05, 0) is 42.1 Å². The Balaban J connectivity index is 1.28. The zero-order chi connectivity index (χ0) is 19.4. The van der Waals surface area contributed by atoms with Crippen molar-refractivity contribution in [1.82, 2.24) is 19.9 Å². The Kier molecular flexibility index (Phi) is 3.57. The molecular formula is C21H22N6O2. The Morgan fingerprint density at radius 3 is 2.90 bits per heavy atom. The third-order valence-electron chi connectivity index (χ3n) is 6.39. The third-order valence-corrected chi connectivity index (χ3v) is 6.39. The van der Waals surface area contributed by atoms with E-state index in [1.165, 1.54) is 0 Å². The second-order valence-corrected chi connectivity index (χ2v) is 8.20. The molecule has 1 aliphatic carbocycles. The fourth-order valence-corrected chi connectivity index (χ4v) is 4.68. The van der Waals surface area contributed by atoms with Gasteiger partial charge in [0.25, 0.3) is 5.95 Å². The Morgan fingerprint density at radius 2 is 2.07 bits per heavy atom. The number of para-hydroxylation sites is 1. The molecule has 3 aliphatic rings. The summed E-state index contributed by atoms with van der Waals surface area (Å²) in [6.07, 6.45) is 6.70. The first-order chi connectivity index (χ1) is 14.2. The molecule has 0 radical (unpaired) electrons. The zero-order valence-corrected chi connectivity index (χ0v) is 16.1. The van der Waals surface area contributed by atoms with E-state index in [0.29, 0.717) is 31.5 Å². The maximum atomic E-state index is 13.7. The summed E-state index contributed by atoms with van der Waals surface area (Å²) in [5.74, 6) is 1.95. The van der Waals surface area contributed by atoms with Crippen LogP contribution in [0.4, 0.5) is 11.6 Å². The van der Waals surface area contributed by atoms with Gasteiger partial charge in [0, 0.05) is 43.6 Å². The van der Waals surface area contributed by atoms with Gasteiger partial charge >= 0.3 is 0 Å². The van der Waals surface area contributed by atoms with Crippen molar-refractivity contribution in [2.24, 2.45) is 0 Å². The highest BCUT2D eigenvalue weighted by Gasteiger charge is 2.54. The van der Waals surface area contributed by atoms with Crippen molar-refractivity contribution in [2.75, 3.05) is 29.4 Å². The zero-order valence-electron chi connectivity index (χ0n) is 16.1. The van der Waals surface area contributed by atoms with E-state index in [4.69, 9.17) is 4.52 Å². The highest BCUT2D eigenvalue weighted by Crippen LogP contribution is 2.48. The quantitative estimate of drug-likeness (QED) is 0.665. The average molecular weight is 390 g/mol. The summed E-state index contributed by atoms with van der Waals surface area (Å²) in [6, 6.07) is 10.1. The number of rotatable bonds is 5. The summed E-state index contributed by atoms with van der Waals surface area (Å²) < 4.78 is 7.30. The van der Waals surface area contributed by atoms with Crippen LogP contribution in [0.3, 0.4) is 0 Å². The van der Waals surface area contributed by atoms with E-state index in [2.05, 4.69) is 26.2 Å². The SMILES string of the molecule is O=C1N(CCn2cccn2)c2ccccc2C12CCN(c1noc(C3CC3)n1)C2. The number of aromatic nitrogens is 4. The smallest absolute Gasteiger partial charge is 0.266 e. The Hall–Kier alpha value is -3.16. The summed E-state index contributed by atoms with van der Waals surface area (Å²) in [4.78, 5) is 22.3. The lowest BCUT2D eigenvalue weighted by atomic mass is 9.81. The van der Waals surface area contributed by atoms with Crippen LogP contribution in [-0.2, 0) is 16.8 Å². The summed E-state index contributed by atoms with van der Waals surface area (Å²) in [5.41, 5.74) is 1.58. The second kappa shape index (κ2) is 6.17. The van der Waals surface area contributed by atoms with Crippen molar-refractivity contribution in [3.05, 3.63) is 54.2 Å². The molecule has 1 saturated carbocycles. The first kappa shape index (κ1) is 16.8. The van der Waals surface area contributed by atoms with Crippen molar-refractivity contribution in [3.63, 3.8) is 0 Å². The first-order valence-electron chi connectivity index (χ1n) is 10.2. The number of amides is 1. The van der Waals surface area contributed by atoms with Gasteiger partial charge in [-0.3, -0.25) is 9.48 Å². The van der Waals surface area contributed by atoms with Crippen LogP contribution in [0, 0.1) is 0 Å². The van der Waals surface area contributed by atoms with E-state index < -0.39 is 5.41 Å². The van der Waals surface area contributed by atoms with Crippen LogP contribution in [0.1, 0.15) is 36.6 Å². The number of carbonyl (C=O) groups excluding carboxylic acids is 1. The molecule has 2 aromatic heterocycles. The molecular weight excluding hydrogens is 368 g/mol. The second-order valence-electron chi connectivity index (χ2n) is 8.20. The molecule has 1 amide bonds. The van der Waals surface area contributed by atoms with Gasteiger partial charge in [-0.1, -0.05) is 18.2 Å². The van der Waals surface area contributed by atoms with Crippen molar-refractivity contribution in [2.45, 2.75) is 37.1 Å². The van der Waals surface area contributed by atoms with Crippen LogP contribution in [-0.4, -0.2) is 45.5 Å². The number of benzene rings is 1. The fraction of sp³-hybridized carbons (Fsp3) is 0.429. The van der Waals surface area contributed by atoms with Gasteiger partial charge in [0.2, 0.25) is 11.8 Å². The molecule has 1 spiro atoms. The highest BCUT2D eigenvalue weighted by atomic mass is 16.5. The summed E-state index contributed by atoms with van der Waals surface area (Å²) in [7, 11) is 0. The molecule has 6 rings (SSSR count). The summed E-state index contributed by atoms with van der Waals surface area (Å²) in [6.45, 7) is 2.61. The molecule has 1 atom stereocenters. The minimum Gasteiger partial charge on any atom is -0.337 e. The molecule has 8 nitrogen and oxygen atoms in total. The molecule has 3 aromatic rings. The lowest BCUT2D eigenvalue weighted by Gasteiger charge is -2.24. The molecule has 4 heterocycles. The number of hydrogen-bond acceptors (Lipinski definition) is 6. The predicted octanol–water partition coefficient (Wildman–Crippen LogP) is 2.34. The average Bonchev–Trinajstić information content (AvgIpc) is 3.15. The van der Waals surface area contributed by atoms with E-state index >= 15 is 0 Å². The molecule has 1 unspecified atom stereocenters. The molecule has 2 fully saturated rings. The minimum absolute atomic E-state index is 0.166. The van der Waals surface area contributed by atoms with Crippen LogP contribution in [0.2, 0.25) is 0 Å². The van der Waals surface area contributed by atoms with Crippen molar-refractivity contribution >= 4 is 17.5 Å². The topological polar surface area (TPSA) is 80.3 Å². The Morgan fingerprint density at radius 1 is 1.17 bits per heavy atom. The Labute approximate surface area is 168 Å². The number of hydrogen-bond donors (Lipinski definition) is 0. The lowest BCUT2D eigenvalue weighted by molar-refractivity contribution is -0.122. The molecule has 1 saturated heterocycles. The van der Waals surface area contributed by atoms with Gasteiger partial charge in [-0.15, -0.1) is 0 Å². The maximum absolute atomic E-state index is 13.7. The predicted molar refractivity (Wildman–Crippen MR) is 106 cm³/mol. The van der Waals surface area contributed by atoms with E-state index in [9.17, 15) is 4.79 Å². The standard InChI is InChI=1S/C21H22N6O2/c28-19-21(8-11-25(14-21)20-23-18(29-24-20)15-6-7-15)16-4-1-2-5-17(16)27(19)13-12-26-10-3-9-22-26/h1-5,9-10,15H,6-8,11-14H2. The van der Waals surface area contributed by atoms with E-state index in [-0.39, 0.29) is 5.91 Å². The monoisotopic (exact) mass is 390 g/mol. The molecule has 29 heavy (non-hydrogen) atoms. The van der Waals surface area contributed by atoms with Crippen molar-refractivity contribution in [1.29, 1.82) is 0 Å². The molecule has 1 aromatic carbocycles. The largest absolute Gasteiger partial charge is 0.337 e. The maximum Gasteiger partial charge on any atom is 0.266 e. The third kappa shape index (κ3) is 2.58. The van der Waals surface area contributed by atoms with Gasteiger partial charge in [-0.25, -0.2) is 0 Å². The van der Waals surface area contributed by atoms with Crippen LogP contribution < -0.4 is 9.80 Å². The number of nitrogens with zero attached hydrogens (tertiary/aromatic N) is 6. The van der Waals surface area contributed by atoms with Crippen LogP contribution >= 0.6 is 0 Å². The highest BCUT2D eigenvalue weighted by molar-refractivity contribution is 6.09. The van der Waals surface area contributed by atoms with Gasteiger partial charge in [0.05, 0.1) is 12.0 Å². The van der Waals surface area contributed by atoms with E-state index in [1.807, 2.05) is 40.0 Å². The van der Waals surface area contributed by atoms with E-state index in [0.717, 1.165) is 42.9 Å². The normalized spacial score (nSPS) is 23.4. The summed E-state index contributed by atoms with van der Waals surface area (Å²) in [5, 5.41) is 8.45. The molecule has 2 aliphatic heterocycles. The van der Waals surface area contributed by atoms with Crippen LogP contribution in [0.5, 0.6) is 0 Å². The molecule has 8 heteroatoms. The molecule has 148 valence electrons. The first-order valence-corrected chi connectivity index (χ1v) is 10.2. The van der Waals surface area contributed by atoms with Crippen LogP contribution in [0.15, 0.2) is 47.2 Å². The van der Waals surface area contributed by atoms with Gasteiger partial charge in [0.1, 0.15) is 0 Å². The Bertz CT molecular complexity index is 1060. The van der Waals surface area contributed by atoms with Gasteiger partial charge in [-0.2, -0.15) is 10.1 Å². The van der Waals surface area contributed by atoms with Gasteiger partial charge in [0.15, 0.2) is 0 Å². The lowest BCUT2D eigenvalue weighted by Crippen LogP contribution is -2.43. The molecule has 0 bridgehead atoms. The fourth-order valence-electron chi connectivity index (χ4n) is 4.68. The van der Waals surface area contributed by atoms with Crippen LogP contribution in [0.25, 0.3) is 0 Å². The van der Waals surface area contributed by atoms with E-state index in [1.54, 1.807) is 6.20 Å². The van der Waals surface area contributed by atoms with Gasteiger partial charge < -0.3 is 14.3 Å². The van der Waals surface area contributed by atoms with Crippen molar-refractivity contribution in [3.8, 4) is 0 Å². The number of fused-ring (bicyclic) bond motifs is 2.